The SMILES string of the molecule is O.O.O.O.O.O.O=[N+]([O-])[O-].O=[N+]([O-])[O-].O=[N+]([O-])[O-].[Ce]. The van der Waals surface area contributed by atoms with Gasteiger partial charge in [0.05, 0.1) is 15.3 Å². The quantitative estimate of drug-likeness (QED) is 0.258. The van der Waals surface area contributed by atoms with Gasteiger partial charge < -0.3 is 78.8 Å². The van der Waals surface area contributed by atoms with E-state index in [4.69, 9.17) is 46.0 Å². The van der Waals surface area contributed by atoms with Crippen LogP contribution in [0.3, 0.4) is 0 Å². The molecule has 0 aliphatic rings. The summed E-state index contributed by atoms with van der Waals surface area (Å²) in [4.78, 5) is 24.8. The zero-order chi connectivity index (χ0) is 10.7. The molecule has 0 atom stereocenters. The first-order chi connectivity index (χ1) is 5.20. The van der Waals surface area contributed by atoms with Gasteiger partial charge in [0.1, 0.15) is 0 Å². The van der Waals surface area contributed by atoms with Crippen molar-refractivity contribution in [3.8, 4) is 0 Å². The molecule has 0 aromatic carbocycles. The predicted molar refractivity (Wildman–Crippen MR) is 52.8 cm³/mol. The Morgan fingerprint density at radius 3 is 0.421 bits per heavy atom. The molecule has 0 spiro atoms. The molecule has 0 amide bonds. The second kappa shape index (κ2) is 69.2. The molecular weight excluding hydrogens is 422 g/mol. The van der Waals surface area contributed by atoms with Gasteiger partial charge in [-0.15, -0.1) is 0 Å². The van der Waals surface area contributed by atoms with Crippen molar-refractivity contribution in [2.24, 2.45) is 0 Å². The second-order valence-corrected chi connectivity index (χ2v) is 0.671. The number of rotatable bonds is 0. The average molecular weight is 434 g/mol. The number of nitrogens with zero attached hydrogens (tertiary/aromatic N) is 3. The van der Waals surface area contributed by atoms with Crippen LogP contribution >= 0.6 is 0 Å². The molecule has 19 heteroatoms. The van der Waals surface area contributed by atoms with E-state index in [-0.39, 0.29) is 74.6 Å². The van der Waals surface area contributed by atoms with E-state index in [2.05, 4.69) is 0 Å². The normalized spacial score (nSPS) is 3.79. The number of hydrogen-bond donors (Lipinski definition) is 0. The van der Waals surface area contributed by atoms with Crippen molar-refractivity contribution in [1.29, 1.82) is 0 Å². The van der Waals surface area contributed by atoms with Crippen molar-refractivity contribution < 1.29 is 89.9 Å². The molecule has 0 unspecified atom stereocenters. The van der Waals surface area contributed by atoms with Crippen LogP contribution in [0.15, 0.2) is 0 Å². The molecule has 18 nitrogen and oxygen atoms in total. The summed E-state index contributed by atoms with van der Waals surface area (Å²) in [5, 5.41) is 44.2. The van der Waals surface area contributed by atoms with Crippen LogP contribution in [-0.4, -0.2) is 48.1 Å². The molecule has 0 aromatic rings. The molecule has 12 N–H and O–H groups in total. The zero-order valence-corrected chi connectivity index (χ0v) is 11.7. The van der Waals surface area contributed by atoms with Crippen LogP contribution in [0.25, 0.3) is 0 Å². The minimum absolute atomic E-state index is 0. The van der Waals surface area contributed by atoms with Crippen molar-refractivity contribution in [2.75, 3.05) is 0 Å². The fourth-order valence-corrected chi connectivity index (χ4v) is 0. The fraction of sp³-hybridized carbons (Fsp3) is 0. The second-order valence-electron chi connectivity index (χ2n) is 0.671. The maximum Gasteiger partial charge on any atom is 0.0689 e. The molecule has 124 valence electrons. The van der Waals surface area contributed by atoms with Crippen molar-refractivity contribution in [3.63, 3.8) is 0 Å². The fourth-order valence-electron chi connectivity index (χ4n) is 0. The monoisotopic (exact) mass is 434 g/mol. The minimum Gasteiger partial charge on any atom is -0.412 e. The van der Waals surface area contributed by atoms with Crippen molar-refractivity contribution >= 4 is 0 Å². The molecular formula is H12CeN3O15-3. The van der Waals surface area contributed by atoms with Crippen molar-refractivity contribution in [3.05, 3.63) is 46.0 Å². The maximum atomic E-state index is 8.25. The average Bonchev–Trinajstić information content (AvgIpc) is 1.54. The van der Waals surface area contributed by atoms with E-state index in [0.717, 1.165) is 0 Å². The molecule has 0 aliphatic heterocycles. The third-order valence-electron chi connectivity index (χ3n) is 0. The molecule has 0 saturated heterocycles. The van der Waals surface area contributed by atoms with Gasteiger partial charge in [0.2, 0.25) is 0 Å². The predicted octanol–water partition coefficient (Wildman–Crippen LogP) is -5.67. The van der Waals surface area contributed by atoms with Crippen LogP contribution in [0.5, 0.6) is 0 Å². The Labute approximate surface area is 135 Å². The van der Waals surface area contributed by atoms with Gasteiger partial charge in [0.15, 0.2) is 0 Å². The summed E-state index contributed by atoms with van der Waals surface area (Å²) in [7, 11) is 0. The smallest absolute Gasteiger partial charge is 0.0689 e. The summed E-state index contributed by atoms with van der Waals surface area (Å²) in [5.74, 6) is 0. The van der Waals surface area contributed by atoms with Crippen LogP contribution in [0.1, 0.15) is 0 Å². The Morgan fingerprint density at radius 1 is 0.421 bits per heavy atom. The van der Waals surface area contributed by atoms with Gasteiger partial charge in [-0.2, -0.15) is 0 Å². The molecule has 0 aliphatic carbocycles. The van der Waals surface area contributed by atoms with Gasteiger partial charge >= 0.3 is 0 Å². The van der Waals surface area contributed by atoms with Gasteiger partial charge in [-0.3, -0.25) is 0 Å². The largest absolute Gasteiger partial charge is 0.412 e. The van der Waals surface area contributed by atoms with Crippen LogP contribution < -0.4 is 0 Å². The van der Waals surface area contributed by atoms with Gasteiger partial charge in [0.25, 0.3) is 0 Å². The third kappa shape index (κ3) is 2280. The molecule has 0 aromatic heterocycles. The number of hydrogen-bond acceptors (Lipinski definition) is 9. The van der Waals surface area contributed by atoms with Crippen LogP contribution in [0.4, 0.5) is 0 Å². The maximum absolute atomic E-state index is 8.25. The van der Waals surface area contributed by atoms with E-state index in [0.29, 0.717) is 0 Å². The molecule has 0 radical (unpaired) electrons. The molecule has 0 bridgehead atoms. The van der Waals surface area contributed by atoms with E-state index >= 15 is 0 Å². The van der Waals surface area contributed by atoms with E-state index in [1.165, 1.54) is 0 Å². The standard InChI is InChI=1S/Ce.3NO3.6H2O/c;3*2-1(3)4;;;;;;/h;;;;6*1H2/q;3*-1;;;;;;. The van der Waals surface area contributed by atoms with E-state index in [1.54, 1.807) is 0 Å². The Hall–Kier alpha value is -1.26. The van der Waals surface area contributed by atoms with Crippen LogP contribution in [-0.2, 0) is 0 Å². The topological polar surface area (TPSA) is 388 Å². The van der Waals surface area contributed by atoms with Gasteiger partial charge in [-0.1, -0.05) is 0 Å². The Morgan fingerprint density at radius 2 is 0.421 bits per heavy atom. The molecule has 0 saturated carbocycles. The molecule has 0 rings (SSSR count). The molecule has 0 heterocycles. The van der Waals surface area contributed by atoms with Crippen LogP contribution in [0.2, 0.25) is 0 Å². The van der Waals surface area contributed by atoms with Gasteiger partial charge in [-0.05, 0) is 0 Å². The third-order valence-corrected chi connectivity index (χ3v) is 0. The van der Waals surface area contributed by atoms with Gasteiger partial charge in [0, 0.05) is 41.7 Å². The Balaban J connectivity index is -0.00000000675. The van der Waals surface area contributed by atoms with E-state index in [1.807, 2.05) is 0 Å². The van der Waals surface area contributed by atoms with Gasteiger partial charge in [-0.25, -0.2) is 0 Å². The van der Waals surface area contributed by atoms with Crippen molar-refractivity contribution in [1.82, 2.24) is 0 Å². The first-order valence-electron chi connectivity index (χ1n) is 1.64. The summed E-state index contributed by atoms with van der Waals surface area (Å²) in [6.45, 7) is 0. The summed E-state index contributed by atoms with van der Waals surface area (Å²) < 4.78 is 0. The van der Waals surface area contributed by atoms with Crippen molar-refractivity contribution in [2.45, 2.75) is 0 Å². The Bertz CT molecular complexity index is 115. The Kier molecular flexibility index (Phi) is 303. The van der Waals surface area contributed by atoms with E-state index < -0.39 is 15.3 Å². The first kappa shape index (κ1) is 83.0. The molecule has 19 heavy (non-hydrogen) atoms. The van der Waals surface area contributed by atoms with Crippen LogP contribution in [0, 0.1) is 87.7 Å². The summed E-state index contributed by atoms with van der Waals surface area (Å²) in [6.07, 6.45) is 0. The summed E-state index contributed by atoms with van der Waals surface area (Å²) in [5.41, 5.74) is 0. The first-order valence-corrected chi connectivity index (χ1v) is 1.64. The zero-order valence-electron chi connectivity index (χ0n) is 8.52. The summed E-state index contributed by atoms with van der Waals surface area (Å²) in [6, 6.07) is 0. The van der Waals surface area contributed by atoms with E-state index in [9.17, 15) is 0 Å². The molecule has 0 fully saturated rings. The summed E-state index contributed by atoms with van der Waals surface area (Å²) >= 11 is 0. The minimum atomic E-state index is -1.75.